The zero-order chi connectivity index (χ0) is 28.2. The fourth-order valence-corrected chi connectivity index (χ4v) is 6.95. The van der Waals surface area contributed by atoms with Gasteiger partial charge in [0.25, 0.3) is 6.10 Å². The van der Waals surface area contributed by atoms with Crippen LogP contribution >= 0.6 is 11.6 Å². The van der Waals surface area contributed by atoms with E-state index in [0.717, 1.165) is 68.1 Å². The molecule has 218 valence electrons. The van der Waals surface area contributed by atoms with Gasteiger partial charge >= 0.3 is 18.4 Å². The van der Waals surface area contributed by atoms with Crippen LogP contribution in [0.1, 0.15) is 38.2 Å². The van der Waals surface area contributed by atoms with Gasteiger partial charge in [-0.05, 0) is 68.0 Å². The Morgan fingerprint density at radius 3 is 2.21 bits per heavy atom. The molecule has 1 aromatic rings. The maximum Gasteiger partial charge on any atom is 0.434 e. The highest BCUT2D eigenvalue weighted by Gasteiger charge is 2.61. The third-order valence-corrected chi connectivity index (χ3v) is 9.07. The molecular weight excluding hydrogens is 550 g/mol. The number of amides is 1. The van der Waals surface area contributed by atoms with Gasteiger partial charge in [0.1, 0.15) is 0 Å². The molecule has 0 radical (unpaired) electrons. The van der Waals surface area contributed by atoms with Gasteiger partial charge in [0, 0.05) is 56.5 Å². The standard InChI is InChI=1S/C26H33ClF6N4O2/c1-2-34-14-23(15-34)5-8-35(9-6-23)20-11-18(10-19(27)12-20)13-37-7-3-4-24(37)16-36(17-24)22(38)39-21(25(28,29)30)26(31,32)33/h10-12,21H,2-9,13-17H2,1H3. The summed E-state index contributed by atoms with van der Waals surface area (Å²) in [4.78, 5) is 20.0. The average Bonchev–Trinajstić information content (AvgIpc) is 3.21. The first-order valence-electron chi connectivity index (χ1n) is 13.3. The number of benzene rings is 1. The fourth-order valence-electron chi connectivity index (χ4n) is 6.70. The van der Waals surface area contributed by atoms with Gasteiger partial charge in [0.15, 0.2) is 0 Å². The summed E-state index contributed by atoms with van der Waals surface area (Å²) >= 11 is 6.49. The average molecular weight is 583 g/mol. The molecule has 4 saturated heterocycles. The number of ether oxygens (including phenoxy) is 1. The number of rotatable bonds is 5. The van der Waals surface area contributed by atoms with Crippen molar-refractivity contribution in [1.82, 2.24) is 14.7 Å². The molecule has 2 spiro atoms. The van der Waals surface area contributed by atoms with Crippen molar-refractivity contribution >= 4 is 23.4 Å². The topological polar surface area (TPSA) is 39.3 Å². The first-order valence-corrected chi connectivity index (χ1v) is 13.7. The smallest absolute Gasteiger partial charge is 0.426 e. The van der Waals surface area contributed by atoms with Crippen LogP contribution < -0.4 is 4.90 Å². The molecule has 0 atom stereocenters. The number of likely N-dealkylation sites (tertiary alicyclic amines) is 3. The van der Waals surface area contributed by atoms with Gasteiger partial charge in [0.2, 0.25) is 0 Å². The number of alkyl halides is 6. The molecule has 0 N–H and O–H groups in total. The van der Waals surface area contributed by atoms with E-state index in [0.29, 0.717) is 29.9 Å². The third-order valence-electron chi connectivity index (χ3n) is 8.85. The summed E-state index contributed by atoms with van der Waals surface area (Å²) < 4.78 is 80.7. The lowest BCUT2D eigenvalue weighted by atomic mass is 9.72. The Bertz CT molecular complexity index is 1050. The van der Waals surface area contributed by atoms with Crippen molar-refractivity contribution in [2.75, 3.05) is 57.3 Å². The quantitative estimate of drug-likeness (QED) is 0.426. The highest BCUT2D eigenvalue weighted by molar-refractivity contribution is 6.30. The van der Waals surface area contributed by atoms with E-state index < -0.39 is 30.1 Å². The van der Waals surface area contributed by atoms with Crippen LogP contribution in [-0.2, 0) is 11.3 Å². The Morgan fingerprint density at radius 1 is 0.974 bits per heavy atom. The normalized spacial score (nSPS) is 23.4. The van der Waals surface area contributed by atoms with Gasteiger partial charge in [-0.25, -0.2) is 4.79 Å². The van der Waals surface area contributed by atoms with Crippen LogP contribution in [0.25, 0.3) is 0 Å². The summed E-state index contributed by atoms with van der Waals surface area (Å²) in [5.41, 5.74) is 1.96. The van der Waals surface area contributed by atoms with Crippen LogP contribution in [0.5, 0.6) is 0 Å². The number of hydrogen-bond acceptors (Lipinski definition) is 5. The SMILES string of the molecule is CCN1CC2(CCN(c3cc(Cl)cc(CN4CCCC45CN(C(=O)OC(C(F)(F)F)C(F)(F)F)C5)c3)CC2)C1. The number of carbonyl (C=O) groups is 1. The Morgan fingerprint density at radius 2 is 1.62 bits per heavy atom. The summed E-state index contributed by atoms with van der Waals surface area (Å²) in [5.74, 6) is 0. The predicted octanol–water partition coefficient (Wildman–Crippen LogP) is 5.54. The second-order valence-corrected chi connectivity index (χ2v) is 12.0. The Balaban J connectivity index is 1.19. The lowest BCUT2D eigenvalue weighted by Gasteiger charge is -2.54. The molecule has 0 unspecified atom stereocenters. The summed E-state index contributed by atoms with van der Waals surface area (Å²) in [6, 6.07) is 5.95. The first kappa shape index (κ1) is 28.6. The number of carbonyl (C=O) groups excluding carboxylic acids is 1. The monoisotopic (exact) mass is 582 g/mol. The number of nitrogens with zero attached hydrogens (tertiary/aromatic N) is 4. The van der Waals surface area contributed by atoms with Crippen LogP contribution in [-0.4, -0.2) is 97.1 Å². The summed E-state index contributed by atoms with van der Waals surface area (Å²) in [6.45, 7) is 8.77. The zero-order valence-electron chi connectivity index (χ0n) is 21.8. The maximum atomic E-state index is 12.8. The second-order valence-electron chi connectivity index (χ2n) is 11.6. The van der Waals surface area contributed by atoms with Gasteiger partial charge in [-0.1, -0.05) is 18.5 Å². The molecule has 4 aliphatic rings. The number of anilines is 1. The van der Waals surface area contributed by atoms with Crippen molar-refractivity contribution in [3.05, 3.63) is 28.8 Å². The minimum atomic E-state index is -5.73. The van der Waals surface area contributed by atoms with Gasteiger partial charge < -0.3 is 19.4 Å². The molecule has 39 heavy (non-hydrogen) atoms. The number of hydrogen-bond donors (Lipinski definition) is 0. The van der Waals surface area contributed by atoms with Gasteiger partial charge in [0.05, 0.1) is 5.54 Å². The van der Waals surface area contributed by atoms with Crippen molar-refractivity contribution in [3.63, 3.8) is 0 Å². The predicted molar refractivity (Wildman–Crippen MR) is 134 cm³/mol. The van der Waals surface area contributed by atoms with Crippen molar-refractivity contribution in [2.24, 2.45) is 5.41 Å². The van der Waals surface area contributed by atoms with E-state index >= 15 is 0 Å². The van der Waals surface area contributed by atoms with E-state index in [4.69, 9.17) is 11.6 Å². The van der Waals surface area contributed by atoms with Crippen molar-refractivity contribution in [3.8, 4) is 0 Å². The zero-order valence-corrected chi connectivity index (χ0v) is 22.5. The number of piperidine rings is 1. The van der Waals surface area contributed by atoms with E-state index in [1.54, 1.807) is 0 Å². The van der Waals surface area contributed by atoms with E-state index in [2.05, 4.69) is 32.4 Å². The highest BCUT2D eigenvalue weighted by atomic mass is 35.5. The van der Waals surface area contributed by atoms with Crippen LogP contribution in [0.3, 0.4) is 0 Å². The molecule has 1 aromatic carbocycles. The number of halogens is 7. The molecule has 4 aliphatic heterocycles. The molecule has 6 nitrogen and oxygen atoms in total. The molecule has 1 amide bonds. The maximum absolute atomic E-state index is 12.8. The van der Waals surface area contributed by atoms with Crippen molar-refractivity contribution < 1.29 is 35.9 Å². The van der Waals surface area contributed by atoms with Crippen molar-refractivity contribution in [2.45, 2.75) is 63.1 Å². The summed E-state index contributed by atoms with van der Waals surface area (Å²) in [6.07, 6.45) is -13.4. The first-order chi connectivity index (χ1) is 18.2. The largest absolute Gasteiger partial charge is 0.434 e. The van der Waals surface area contributed by atoms with Crippen LogP contribution in [0, 0.1) is 5.41 Å². The Hall–Kier alpha value is -1.92. The van der Waals surface area contributed by atoms with E-state index in [-0.39, 0.29) is 13.1 Å². The fraction of sp³-hybridized carbons (Fsp3) is 0.731. The lowest BCUT2D eigenvalue weighted by Crippen LogP contribution is -2.69. The Labute approximate surface area is 228 Å². The lowest BCUT2D eigenvalue weighted by molar-refractivity contribution is -0.309. The molecule has 0 saturated carbocycles. The molecule has 4 fully saturated rings. The second kappa shape index (κ2) is 10.2. The minimum absolute atomic E-state index is 0.0185. The van der Waals surface area contributed by atoms with Crippen LogP contribution in [0.4, 0.5) is 36.8 Å². The molecule has 0 aromatic heterocycles. The summed E-state index contributed by atoms with van der Waals surface area (Å²) in [5, 5.41) is 0.612. The molecule has 5 rings (SSSR count). The van der Waals surface area contributed by atoms with Crippen LogP contribution in [0.15, 0.2) is 18.2 Å². The highest BCUT2D eigenvalue weighted by Crippen LogP contribution is 2.43. The molecular formula is C26H33ClF6N4O2. The van der Waals surface area contributed by atoms with Gasteiger partial charge in [-0.2, -0.15) is 26.3 Å². The van der Waals surface area contributed by atoms with E-state index in [1.807, 2.05) is 12.1 Å². The van der Waals surface area contributed by atoms with Crippen LogP contribution in [0.2, 0.25) is 5.02 Å². The third kappa shape index (κ3) is 5.79. The van der Waals surface area contributed by atoms with E-state index in [1.165, 1.54) is 0 Å². The van der Waals surface area contributed by atoms with Gasteiger partial charge in [-0.15, -0.1) is 0 Å². The molecule has 0 bridgehead atoms. The minimum Gasteiger partial charge on any atom is -0.426 e. The van der Waals surface area contributed by atoms with Gasteiger partial charge in [-0.3, -0.25) is 4.90 Å². The molecule has 0 aliphatic carbocycles. The molecule has 13 heteroatoms. The van der Waals surface area contributed by atoms with Crippen molar-refractivity contribution in [1.29, 1.82) is 0 Å². The summed E-state index contributed by atoms with van der Waals surface area (Å²) in [7, 11) is 0. The van der Waals surface area contributed by atoms with E-state index in [9.17, 15) is 31.1 Å². The Kier molecular flexibility index (Phi) is 7.46. The molecule has 4 heterocycles.